The van der Waals surface area contributed by atoms with Crippen LogP contribution in [0.5, 0.6) is 0 Å². The summed E-state index contributed by atoms with van der Waals surface area (Å²) in [6.45, 7) is 8.83. The van der Waals surface area contributed by atoms with E-state index < -0.39 is 11.2 Å². The first-order valence-corrected chi connectivity index (χ1v) is 17.6. The molecule has 0 spiro atoms. The van der Waals surface area contributed by atoms with Gasteiger partial charge in [-0.3, -0.25) is 14.4 Å². The number of nitrogens with zero attached hydrogens (tertiary/aromatic N) is 1. The maximum absolute atomic E-state index is 14.0. The Bertz CT molecular complexity index is 1090. The minimum Gasteiger partial charge on any atom is -0.464 e. The van der Waals surface area contributed by atoms with Crippen LogP contribution in [0.1, 0.15) is 110 Å². The topological polar surface area (TPSA) is 82.1 Å². The number of ether oxygens (including phenoxy) is 3. The van der Waals surface area contributed by atoms with Crippen molar-refractivity contribution in [1.82, 2.24) is 4.90 Å². The van der Waals surface area contributed by atoms with Crippen molar-refractivity contribution in [3.63, 3.8) is 0 Å². The molecule has 7 nitrogen and oxygen atoms in total. The summed E-state index contributed by atoms with van der Waals surface area (Å²) in [4.78, 5) is 42.4. The number of likely N-dealkylation sites (N-methyl/N-ethyl adjacent to an activating group) is 1. The number of hydrogen-bond acceptors (Lipinski definition) is 7. The average Bonchev–Trinajstić information content (AvgIpc) is 2.99. The lowest BCUT2D eigenvalue weighted by Crippen LogP contribution is -2.53. The molecule has 4 atom stereocenters. The molecule has 4 fully saturated rings. The summed E-state index contributed by atoms with van der Waals surface area (Å²) in [5.41, 5.74) is 0.666. The highest BCUT2D eigenvalue weighted by molar-refractivity contribution is 6.47. The Morgan fingerprint density at radius 3 is 2.13 bits per heavy atom. The molecule has 4 unspecified atom stereocenters. The Balaban J connectivity index is 1.42. The average molecular weight is 623 g/mol. The van der Waals surface area contributed by atoms with Gasteiger partial charge in [-0.05, 0) is 102 Å². The van der Waals surface area contributed by atoms with E-state index >= 15 is 0 Å². The van der Waals surface area contributed by atoms with Crippen molar-refractivity contribution in [3.05, 3.63) is 35.9 Å². The Morgan fingerprint density at radius 1 is 0.956 bits per heavy atom. The lowest BCUT2D eigenvalue weighted by atomic mass is 9.48. The highest BCUT2D eigenvalue weighted by atomic mass is 16.6. The highest BCUT2D eigenvalue weighted by Gasteiger charge is 2.53. The molecule has 1 aromatic rings. The first-order chi connectivity index (χ1) is 21.5. The molecular weight excluding hydrogens is 565 g/mol. The van der Waals surface area contributed by atoms with Crippen LogP contribution in [0.3, 0.4) is 0 Å². The summed E-state index contributed by atoms with van der Waals surface area (Å²) in [6, 6.07) is 9.90. The minimum absolute atomic E-state index is 0.179. The zero-order valence-corrected chi connectivity index (χ0v) is 28.7. The normalized spacial score (nSPS) is 26.9. The van der Waals surface area contributed by atoms with Gasteiger partial charge in [-0.25, -0.2) is 0 Å². The van der Waals surface area contributed by atoms with E-state index in [1.807, 2.05) is 77.4 Å². The maximum Gasteiger partial charge on any atom is 0.309 e. The zero-order valence-electron chi connectivity index (χ0n) is 28.7. The largest absolute Gasteiger partial charge is 0.464 e. The maximum atomic E-state index is 14.0. The number of carbonyl (C=O) groups excluding carboxylic acids is 3. The molecule has 0 aromatic heterocycles. The van der Waals surface area contributed by atoms with Gasteiger partial charge in [0.25, 0.3) is 0 Å². The lowest BCUT2D eigenvalue weighted by Gasteiger charge is -2.55. The van der Waals surface area contributed by atoms with Gasteiger partial charge in [-0.1, -0.05) is 70.8 Å². The van der Waals surface area contributed by atoms with Gasteiger partial charge in [-0.2, -0.15) is 0 Å². The fourth-order valence-electron chi connectivity index (χ4n) is 8.09. The van der Waals surface area contributed by atoms with Crippen molar-refractivity contribution in [2.45, 2.75) is 122 Å². The van der Waals surface area contributed by atoms with Crippen molar-refractivity contribution < 1.29 is 28.6 Å². The fourth-order valence-corrected chi connectivity index (χ4v) is 8.09. The number of benzene rings is 1. The third-order valence-electron chi connectivity index (χ3n) is 10.8. The third kappa shape index (κ3) is 9.59. The van der Waals surface area contributed by atoms with Gasteiger partial charge < -0.3 is 19.1 Å². The molecule has 4 bridgehead atoms. The molecule has 5 rings (SSSR count). The molecule has 0 N–H and O–H groups in total. The van der Waals surface area contributed by atoms with E-state index in [1.165, 1.54) is 19.3 Å². The SMILES string of the molecule is CCCC(OC(=O)C(C)CCC(C[B]C(C)(CC)C(=O)OCCN(C)C)C(=O)OC12CC3CC(CC(C3)C1)C2)c1ccccc1. The predicted molar refractivity (Wildman–Crippen MR) is 178 cm³/mol. The molecule has 4 aliphatic carbocycles. The lowest BCUT2D eigenvalue weighted by molar-refractivity contribution is -0.191. The van der Waals surface area contributed by atoms with E-state index in [1.54, 1.807) is 0 Å². The third-order valence-corrected chi connectivity index (χ3v) is 10.8. The van der Waals surface area contributed by atoms with Crippen LogP contribution in [0.25, 0.3) is 0 Å². The van der Waals surface area contributed by atoms with Crippen molar-refractivity contribution in [1.29, 1.82) is 0 Å². The smallest absolute Gasteiger partial charge is 0.309 e. The number of rotatable bonds is 18. The molecule has 0 saturated heterocycles. The number of esters is 3. The second-order valence-corrected chi connectivity index (χ2v) is 15.0. The van der Waals surface area contributed by atoms with E-state index in [4.69, 9.17) is 14.2 Å². The Hall–Kier alpha value is -2.35. The molecule has 0 amide bonds. The van der Waals surface area contributed by atoms with Gasteiger partial charge in [0.2, 0.25) is 0 Å². The Labute approximate surface area is 272 Å². The number of hydrogen-bond donors (Lipinski definition) is 0. The summed E-state index contributed by atoms with van der Waals surface area (Å²) < 4.78 is 18.2. The Morgan fingerprint density at radius 2 is 1.58 bits per heavy atom. The van der Waals surface area contributed by atoms with Gasteiger partial charge in [0.1, 0.15) is 25.6 Å². The summed E-state index contributed by atoms with van der Waals surface area (Å²) in [5, 5.41) is -0.806. The molecule has 4 saturated carbocycles. The van der Waals surface area contributed by atoms with Crippen LogP contribution in [0.15, 0.2) is 30.3 Å². The van der Waals surface area contributed by atoms with Gasteiger partial charge >= 0.3 is 17.9 Å². The van der Waals surface area contributed by atoms with Crippen LogP contribution in [-0.2, 0) is 28.6 Å². The molecule has 1 aromatic carbocycles. The number of carbonyl (C=O) groups is 3. The van der Waals surface area contributed by atoms with Gasteiger partial charge in [-0.15, -0.1) is 0 Å². The summed E-state index contributed by atoms with van der Waals surface area (Å²) in [6.07, 6.45) is 10.2. The van der Waals surface area contributed by atoms with Gasteiger partial charge in [0.05, 0.1) is 11.8 Å². The summed E-state index contributed by atoms with van der Waals surface area (Å²) in [5.74, 6) is 0.531. The van der Waals surface area contributed by atoms with Gasteiger partial charge in [0, 0.05) is 11.9 Å². The molecular formula is C37H57BNO6. The van der Waals surface area contributed by atoms with Crippen LogP contribution in [-0.4, -0.2) is 62.9 Å². The highest BCUT2D eigenvalue weighted by Crippen LogP contribution is 2.57. The molecule has 249 valence electrons. The second kappa shape index (κ2) is 16.0. The quantitative estimate of drug-likeness (QED) is 0.0957. The van der Waals surface area contributed by atoms with Crippen molar-refractivity contribution >= 4 is 25.2 Å². The molecule has 8 heteroatoms. The fraction of sp³-hybridized carbons (Fsp3) is 0.757. The molecule has 4 aliphatic rings. The van der Waals surface area contributed by atoms with E-state index in [0.717, 1.165) is 37.7 Å². The van der Waals surface area contributed by atoms with Crippen molar-refractivity contribution in [2.24, 2.45) is 29.6 Å². The monoisotopic (exact) mass is 622 g/mol. The molecule has 0 aliphatic heterocycles. The minimum atomic E-state index is -0.806. The summed E-state index contributed by atoms with van der Waals surface area (Å²) in [7, 11) is 5.86. The van der Waals surface area contributed by atoms with Crippen LogP contribution >= 0.6 is 0 Å². The van der Waals surface area contributed by atoms with Crippen molar-refractivity contribution in [2.75, 3.05) is 27.2 Å². The second-order valence-electron chi connectivity index (χ2n) is 15.0. The van der Waals surface area contributed by atoms with E-state index in [2.05, 4.69) is 6.92 Å². The predicted octanol–water partition coefficient (Wildman–Crippen LogP) is 7.43. The van der Waals surface area contributed by atoms with Crippen LogP contribution < -0.4 is 0 Å². The zero-order chi connectivity index (χ0) is 32.6. The first-order valence-electron chi connectivity index (χ1n) is 17.6. The van der Waals surface area contributed by atoms with Crippen LogP contribution in [0.4, 0.5) is 0 Å². The first kappa shape index (κ1) is 35.5. The molecule has 0 heterocycles. The van der Waals surface area contributed by atoms with E-state index in [0.29, 0.717) is 56.5 Å². The van der Waals surface area contributed by atoms with Crippen molar-refractivity contribution in [3.8, 4) is 0 Å². The van der Waals surface area contributed by atoms with Crippen LogP contribution in [0.2, 0.25) is 11.6 Å². The Kier molecular flexibility index (Phi) is 12.6. The molecule has 1 radical (unpaired) electrons. The van der Waals surface area contributed by atoms with E-state index in [9.17, 15) is 14.4 Å². The molecule has 45 heavy (non-hydrogen) atoms. The van der Waals surface area contributed by atoms with Crippen LogP contribution in [0, 0.1) is 29.6 Å². The summed E-state index contributed by atoms with van der Waals surface area (Å²) >= 11 is 0. The standard InChI is InChI=1S/C37H57BNO6/c1-7-12-32(30-13-10-9-11-14-30)44-33(40)26(3)15-16-31(25-38-36(4,8-2)35(42)43-18-17-39(5)6)34(41)45-37-22-27-19-28(23-37)21-29(20-27)24-37/h9-11,13-14,26-29,31-32H,7-8,12,15-25H2,1-6H3. The van der Waals surface area contributed by atoms with Gasteiger partial charge in [0.15, 0.2) is 0 Å². The van der Waals surface area contributed by atoms with E-state index in [-0.39, 0.29) is 35.5 Å².